The smallest absolute Gasteiger partial charge is 0.306 e. The first-order chi connectivity index (χ1) is 6.93. The van der Waals surface area contributed by atoms with Gasteiger partial charge < -0.3 is 5.11 Å². The summed E-state index contributed by atoms with van der Waals surface area (Å²) in [5.41, 5.74) is 1.24. The van der Waals surface area contributed by atoms with Gasteiger partial charge in [0.05, 0.1) is 5.92 Å². The topological polar surface area (TPSA) is 37.3 Å². The Morgan fingerprint density at radius 3 is 2.33 bits per heavy atom. The van der Waals surface area contributed by atoms with Gasteiger partial charge in [-0.3, -0.25) is 4.79 Å². The van der Waals surface area contributed by atoms with Crippen LogP contribution in [0.1, 0.15) is 52.9 Å². The summed E-state index contributed by atoms with van der Waals surface area (Å²) >= 11 is 0. The van der Waals surface area contributed by atoms with Crippen molar-refractivity contribution in [2.24, 2.45) is 11.8 Å². The molecule has 0 aromatic carbocycles. The van der Waals surface area contributed by atoms with Crippen LogP contribution in [-0.2, 0) is 4.79 Å². The molecule has 0 rings (SSSR count). The number of carboxylic acids is 1. The van der Waals surface area contributed by atoms with Crippen molar-refractivity contribution in [3.05, 3.63) is 12.2 Å². The van der Waals surface area contributed by atoms with Crippen LogP contribution in [0.5, 0.6) is 0 Å². The van der Waals surface area contributed by atoms with Crippen molar-refractivity contribution in [1.82, 2.24) is 0 Å². The van der Waals surface area contributed by atoms with Gasteiger partial charge >= 0.3 is 5.97 Å². The molecule has 0 heterocycles. The maximum atomic E-state index is 10.6. The fourth-order valence-electron chi connectivity index (χ4n) is 1.55. The van der Waals surface area contributed by atoms with Crippen molar-refractivity contribution < 1.29 is 9.90 Å². The van der Waals surface area contributed by atoms with Gasteiger partial charge in [-0.15, -0.1) is 6.58 Å². The molecule has 0 aromatic rings. The molecule has 0 spiro atoms. The Labute approximate surface area is 93.4 Å². The van der Waals surface area contributed by atoms with Gasteiger partial charge in [0.2, 0.25) is 0 Å². The average Bonchev–Trinajstić information content (AvgIpc) is 2.13. The van der Waals surface area contributed by atoms with E-state index in [-0.39, 0.29) is 5.92 Å². The molecule has 0 saturated heterocycles. The number of carboxylic acid groups (broad SMARTS) is 1. The highest BCUT2D eigenvalue weighted by Crippen LogP contribution is 2.18. The Morgan fingerprint density at radius 1 is 1.27 bits per heavy atom. The molecule has 0 fully saturated rings. The van der Waals surface area contributed by atoms with Crippen molar-refractivity contribution in [1.29, 1.82) is 0 Å². The van der Waals surface area contributed by atoms with Crippen LogP contribution in [0.15, 0.2) is 12.2 Å². The fraction of sp³-hybridized carbons (Fsp3) is 0.769. The van der Waals surface area contributed by atoms with Crippen molar-refractivity contribution in [2.45, 2.75) is 52.9 Å². The Kier molecular flexibility index (Phi) is 7.10. The van der Waals surface area contributed by atoms with Gasteiger partial charge in [-0.25, -0.2) is 0 Å². The lowest BCUT2D eigenvalue weighted by atomic mass is 9.93. The molecule has 0 radical (unpaired) electrons. The lowest BCUT2D eigenvalue weighted by Crippen LogP contribution is -2.10. The Morgan fingerprint density at radius 2 is 1.87 bits per heavy atom. The van der Waals surface area contributed by atoms with E-state index in [1.807, 2.05) is 0 Å². The second-order valence-corrected chi connectivity index (χ2v) is 4.77. The highest BCUT2D eigenvalue weighted by molar-refractivity contribution is 5.69. The first-order valence-electron chi connectivity index (χ1n) is 5.80. The normalized spacial score (nSPS) is 14.6. The van der Waals surface area contributed by atoms with Crippen LogP contribution < -0.4 is 0 Å². The predicted molar refractivity (Wildman–Crippen MR) is 63.9 cm³/mol. The van der Waals surface area contributed by atoms with Crippen LogP contribution in [0.3, 0.4) is 0 Å². The van der Waals surface area contributed by atoms with Crippen molar-refractivity contribution in [3.8, 4) is 0 Å². The zero-order valence-corrected chi connectivity index (χ0v) is 10.3. The molecule has 1 unspecified atom stereocenters. The summed E-state index contributed by atoms with van der Waals surface area (Å²) in [6.07, 6.45) is 5.27. The van der Waals surface area contributed by atoms with E-state index in [4.69, 9.17) is 5.11 Å². The molecule has 0 aromatic heterocycles. The van der Waals surface area contributed by atoms with Crippen LogP contribution in [0.4, 0.5) is 0 Å². The third-order valence-electron chi connectivity index (χ3n) is 2.81. The lowest BCUT2D eigenvalue weighted by Gasteiger charge is -2.12. The van der Waals surface area contributed by atoms with Gasteiger partial charge in [0.15, 0.2) is 0 Å². The van der Waals surface area contributed by atoms with E-state index in [1.165, 1.54) is 18.4 Å². The highest BCUT2D eigenvalue weighted by Gasteiger charge is 2.12. The minimum atomic E-state index is -0.677. The van der Waals surface area contributed by atoms with E-state index in [9.17, 15) is 4.79 Å². The van der Waals surface area contributed by atoms with Crippen molar-refractivity contribution >= 4 is 5.97 Å². The Hall–Kier alpha value is -0.790. The zero-order chi connectivity index (χ0) is 11.8. The van der Waals surface area contributed by atoms with Gasteiger partial charge in [0.1, 0.15) is 0 Å². The van der Waals surface area contributed by atoms with E-state index in [0.29, 0.717) is 5.92 Å². The minimum absolute atomic E-state index is 0.200. The Balaban J connectivity index is 3.52. The second kappa shape index (κ2) is 7.49. The van der Waals surface area contributed by atoms with E-state index >= 15 is 0 Å². The van der Waals surface area contributed by atoms with Crippen LogP contribution in [0, 0.1) is 11.8 Å². The van der Waals surface area contributed by atoms with E-state index in [2.05, 4.69) is 20.4 Å². The first-order valence-corrected chi connectivity index (χ1v) is 5.80. The predicted octanol–water partition coefficient (Wildman–Crippen LogP) is 3.87. The molecule has 2 atom stereocenters. The quantitative estimate of drug-likeness (QED) is 0.620. The molecule has 2 nitrogen and oxygen atoms in total. The van der Waals surface area contributed by atoms with Crippen molar-refractivity contribution in [2.75, 3.05) is 0 Å². The first kappa shape index (κ1) is 14.2. The van der Waals surface area contributed by atoms with E-state index in [0.717, 1.165) is 19.3 Å². The number of allylic oxidation sites excluding steroid dienone is 1. The standard InChI is InChI=1S/C13H24O2/c1-10(2)6-5-7-11(3)8-9-12(4)13(14)15/h11-12H,1,5-9H2,2-4H3,(H,14,15)/t11?,12-/m1/s1. The monoisotopic (exact) mass is 212 g/mol. The van der Waals surface area contributed by atoms with Crippen LogP contribution in [0.25, 0.3) is 0 Å². The summed E-state index contributed by atoms with van der Waals surface area (Å²) < 4.78 is 0. The average molecular weight is 212 g/mol. The molecule has 0 saturated carbocycles. The molecule has 0 bridgehead atoms. The SMILES string of the molecule is C=C(C)CCCC(C)CC[C@@H](C)C(=O)O. The number of carbonyl (C=O) groups is 1. The number of hydrogen-bond acceptors (Lipinski definition) is 1. The maximum absolute atomic E-state index is 10.6. The molecule has 15 heavy (non-hydrogen) atoms. The minimum Gasteiger partial charge on any atom is -0.481 e. The zero-order valence-electron chi connectivity index (χ0n) is 10.3. The molecular weight excluding hydrogens is 188 g/mol. The third kappa shape index (κ3) is 8.22. The number of hydrogen-bond donors (Lipinski definition) is 1. The Bertz CT molecular complexity index is 209. The van der Waals surface area contributed by atoms with Crippen molar-refractivity contribution in [3.63, 3.8) is 0 Å². The summed E-state index contributed by atoms with van der Waals surface area (Å²) in [6.45, 7) is 9.91. The summed E-state index contributed by atoms with van der Waals surface area (Å²) in [5, 5.41) is 8.73. The van der Waals surface area contributed by atoms with Crippen LogP contribution in [-0.4, -0.2) is 11.1 Å². The lowest BCUT2D eigenvalue weighted by molar-refractivity contribution is -0.141. The molecule has 0 aliphatic carbocycles. The van der Waals surface area contributed by atoms with E-state index < -0.39 is 5.97 Å². The molecule has 0 amide bonds. The van der Waals surface area contributed by atoms with E-state index in [1.54, 1.807) is 6.92 Å². The molecule has 0 aliphatic heterocycles. The van der Waals surface area contributed by atoms with Gasteiger partial charge in [-0.2, -0.15) is 0 Å². The molecule has 0 aliphatic rings. The van der Waals surface area contributed by atoms with Gasteiger partial charge in [0, 0.05) is 0 Å². The second-order valence-electron chi connectivity index (χ2n) is 4.77. The van der Waals surface area contributed by atoms with Gasteiger partial charge in [-0.05, 0) is 38.5 Å². The van der Waals surface area contributed by atoms with Crippen LogP contribution >= 0.6 is 0 Å². The molecular formula is C13H24O2. The molecule has 1 N–H and O–H groups in total. The summed E-state index contributed by atoms with van der Waals surface area (Å²) in [7, 11) is 0. The highest BCUT2D eigenvalue weighted by atomic mass is 16.4. The largest absolute Gasteiger partial charge is 0.481 e. The molecule has 88 valence electrons. The molecule has 2 heteroatoms. The van der Waals surface area contributed by atoms with Gasteiger partial charge in [-0.1, -0.05) is 25.8 Å². The number of rotatable bonds is 8. The van der Waals surface area contributed by atoms with Gasteiger partial charge in [0.25, 0.3) is 0 Å². The van der Waals surface area contributed by atoms with Crippen LogP contribution in [0.2, 0.25) is 0 Å². The summed E-state index contributed by atoms with van der Waals surface area (Å²) in [4.78, 5) is 10.6. The fourth-order valence-corrected chi connectivity index (χ4v) is 1.55. The summed E-state index contributed by atoms with van der Waals surface area (Å²) in [5.74, 6) is -0.246. The number of aliphatic carboxylic acids is 1. The maximum Gasteiger partial charge on any atom is 0.306 e. The third-order valence-corrected chi connectivity index (χ3v) is 2.81. The summed E-state index contributed by atoms with van der Waals surface area (Å²) in [6, 6.07) is 0.